The SMILES string of the molecule is CC(O)CCN(C)C(=O)Cn1cc(Br)ccc1=O. The zero-order valence-corrected chi connectivity index (χ0v) is 12.1. The highest BCUT2D eigenvalue weighted by molar-refractivity contribution is 9.10. The van der Waals surface area contributed by atoms with Gasteiger partial charge in [-0.2, -0.15) is 0 Å². The zero-order valence-electron chi connectivity index (χ0n) is 10.5. The van der Waals surface area contributed by atoms with E-state index in [9.17, 15) is 9.59 Å². The minimum Gasteiger partial charge on any atom is -0.393 e. The standard InChI is InChI=1S/C12H17BrN2O3/c1-9(16)5-6-14(2)12(18)8-15-7-10(13)3-4-11(15)17/h3-4,7,9,16H,5-6,8H2,1-2H3. The van der Waals surface area contributed by atoms with E-state index in [1.165, 1.54) is 15.5 Å². The molecule has 0 radical (unpaired) electrons. The maximum atomic E-state index is 11.9. The van der Waals surface area contributed by atoms with Gasteiger partial charge in [0.15, 0.2) is 0 Å². The van der Waals surface area contributed by atoms with E-state index in [-0.39, 0.29) is 18.0 Å². The van der Waals surface area contributed by atoms with Crippen LogP contribution >= 0.6 is 15.9 Å². The fraction of sp³-hybridized carbons (Fsp3) is 0.500. The number of hydrogen-bond donors (Lipinski definition) is 1. The monoisotopic (exact) mass is 316 g/mol. The van der Waals surface area contributed by atoms with Crippen molar-refractivity contribution in [2.75, 3.05) is 13.6 Å². The first-order valence-electron chi connectivity index (χ1n) is 5.68. The van der Waals surface area contributed by atoms with Crippen molar-refractivity contribution in [2.24, 2.45) is 0 Å². The highest BCUT2D eigenvalue weighted by Crippen LogP contribution is 2.05. The van der Waals surface area contributed by atoms with Crippen molar-refractivity contribution in [3.63, 3.8) is 0 Å². The summed E-state index contributed by atoms with van der Waals surface area (Å²) in [5.74, 6) is -0.157. The Balaban J connectivity index is 2.64. The maximum absolute atomic E-state index is 11.9. The van der Waals surface area contributed by atoms with Gasteiger partial charge in [-0.1, -0.05) is 0 Å². The molecule has 0 saturated carbocycles. The molecule has 1 aromatic heterocycles. The molecular formula is C12H17BrN2O3. The molecule has 1 amide bonds. The number of aliphatic hydroxyl groups excluding tert-OH is 1. The number of pyridine rings is 1. The van der Waals surface area contributed by atoms with Gasteiger partial charge in [-0.15, -0.1) is 0 Å². The normalized spacial score (nSPS) is 12.2. The number of likely N-dealkylation sites (N-methyl/N-ethyl adjacent to an activating group) is 1. The number of rotatable bonds is 5. The molecule has 0 aliphatic carbocycles. The molecule has 0 spiro atoms. The average molecular weight is 317 g/mol. The Morgan fingerprint density at radius 3 is 2.83 bits per heavy atom. The average Bonchev–Trinajstić information content (AvgIpc) is 2.30. The van der Waals surface area contributed by atoms with Crippen molar-refractivity contribution in [1.82, 2.24) is 9.47 Å². The number of carbonyl (C=O) groups excluding carboxylic acids is 1. The molecule has 0 aromatic carbocycles. The van der Waals surface area contributed by atoms with E-state index in [0.29, 0.717) is 13.0 Å². The number of halogens is 1. The van der Waals surface area contributed by atoms with Crippen LogP contribution in [0.4, 0.5) is 0 Å². The van der Waals surface area contributed by atoms with E-state index >= 15 is 0 Å². The lowest BCUT2D eigenvalue weighted by Crippen LogP contribution is -2.35. The molecule has 5 nitrogen and oxygen atoms in total. The van der Waals surface area contributed by atoms with Gasteiger partial charge in [0.05, 0.1) is 6.10 Å². The van der Waals surface area contributed by atoms with Crippen LogP contribution in [0, 0.1) is 0 Å². The van der Waals surface area contributed by atoms with Gasteiger partial charge in [-0.3, -0.25) is 9.59 Å². The summed E-state index contributed by atoms with van der Waals surface area (Å²) in [5.41, 5.74) is -0.213. The topological polar surface area (TPSA) is 62.5 Å². The van der Waals surface area contributed by atoms with E-state index in [4.69, 9.17) is 5.11 Å². The summed E-state index contributed by atoms with van der Waals surface area (Å²) >= 11 is 3.26. The Morgan fingerprint density at radius 2 is 2.22 bits per heavy atom. The molecule has 1 heterocycles. The molecule has 0 bridgehead atoms. The molecule has 1 aromatic rings. The minimum atomic E-state index is -0.436. The fourth-order valence-corrected chi connectivity index (χ4v) is 1.78. The molecule has 18 heavy (non-hydrogen) atoms. The number of hydrogen-bond acceptors (Lipinski definition) is 3. The number of nitrogens with zero attached hydrogens (tertiary/aromatic N) is 2. The summed E-state index contributed by atoms with van der Waals surface area (Å²) in [6.45, 7) is 2.16. The second-order valence-corrected chi connectivity index (χ2v) is 5.18. The van der Waals surface area contributed by atoms with Crippen molar-refractivity contribution in [1.29, 1.82) is 0 Å². The van der Waals surface area contributed by atoms with Crippen LogP contribution in [0.15, 0.2) is 27.6 Å². The highest BCUT2D eigenvalue weighted by Gasteiger charge is 2.11. The summed E-state index contributed by atoms with van der Waals surface area (Å²) in [5, 5.41) is 9.15. The van der Waals surface area contributed by atoms with Crippen LogP contribution < -0.4 is 5.56 Å². The summed E-state index contributed by atoms with van der Waals surface area (Å²) in [6, 6.07) is 3.05. The number of carbonyl (C=O) groups is 1. The van der Waals surface area contributed by atoms with Crippen molar-refractivity contribution in [3.8, 4) is 0 Å². The largest absolute Gasteiger partial charge is 0.393 e. The Hall–Kier alpha value is -1.14. The van der Waals surface area contributed by atoms with E-state index < -0.39 is 6.10 Å². The molecule has 1 rings (SSSR count). The molecule has 100 valence electrons. The van der Waals surface area contributed by atoms with Crippen molar-refractivity contribution >= 4 is 21.8 Å². The van der Waals surface area contributed by atoms with E-state index in [0.717, 1.165) is 4.47 Å². The molecule has 1 N–H and O–H groups in total. The summed E-state index contributed by atoms with van der Waals surface area (Å²) < 4.78 is 2.10. The zero-order chi connectivity index (χ0) is 13.7. The second-order valence-electron chi connectivity index (χ2n) is 4.27. The quantitative estimate of drug-likeness (QED) is 0.875. The molecule has 0 saturated heterocycles. The van der Waals surface area contributed by atoms with Gasteiger partial charge in [0.1, 0.15) is 6.54 Å². The summed E-state index contributed by atoms with van der Waals surface area (Å²) in [7, 11) is 1.66. The fourth-order valence-electron chi connectivity index (χ4n) is 1.40. The molecule has 0 fully saturated rings. The van der Waals surface area contributed by atoms with Gasteiger partial charge in [0.2, 0.25) is 5.91 Å². The van der Waals surface area contributed by atoms with Crippen molar-refractivity contribution < 1.29 is 9.90 Å². The smallest absolute Gasteiger partial charge is 0.251 e. The highest BCUT2D eigenvalue weighted by atomic mass is 79.9. The van der Waals surface area contributed by atoms with Crippen LogP contribution in [0.1, 0.15) is 13.3 Å². The third-order valence-corrected chi connectivity index (χ3v) is 3.03. The number of aromatic nitrogens is 1. The predicted octanol–water partition coefficient (Wildman–Crippen LogP) is 0.840. The molecular weight excluding hydrogens is 300 g/mol. The van der Waals surface area contributed by atoms with E-state index in [1.54, 1.807) is 26.2 Å². The first-order valence-corrected chi connectivity index (χ1v) is 6.47. The van der Waals surface area contributed by atoms with Crippen LogP contribution in [-0.2, 0) is 11.3 Å². The lowest BCUT2D eigenvalue weighted by molar-refractivity contribution is -0.130. The molecule has 1 atom stereocenters. The van der Waals surface area contributed by atoms with Gasteiger partial charge < -0.3 is 14.6 Å². The first kappa shape index (κ1) is 14.9. The predicted molar refractivity (Wildman–Crippen MR) is 72.3 cm³/mol. The van der Waals surface area contributed by atoms with Gasteiger partial charge in [0.25, 0.3) is 5.56 Å². The summed E-state index contributed by atoms with van der Waals surface area (Å²) in [4.78, 5) is 24.9. The van der Waals surface area contributed by atoms with Gasteiger partial charge in [-0.25, -0.2) is 0 Å². The van der Waals surface area contributed by atoms with Gasteiger partial charge in [0, 0.05) is 30.3 Å². The lowest BCUT2D eigenvalue weighted by Gasteiger charge is -2.18. The minimum absolute atomic E-state index is 0.00851. The van der Waals surface area contributed by atoms with Gasteiger partial charge >= 0.3 is 0 Å². The third kappa shape index (κ3) is 4.62. The van der Waals surface area contributed by atoms with Crippen molar-refractivity contribution in [3.05, 3.63) is 33.2 Å². The van der Waals surface area contributed by atoms with Crippen LogP contribution in [0.2, 0.25) is 0 Å². The van der Waals surface area contributed by atoms with Crippen LogP contribution in [0.25, 0.3) is 0 Å². The number of amides is 1. The first-order chi connectivity index (χ1) is 8.40. The van der Waals surface area contributed by atoms with Crippen molar-refractivity contribution in [2.45, 2.75) is 26.0 Å². The van der Waals surface area contributed by atoms with Gasteiger partial charge in [-0.05, 0) is 35.3 Å². The Morgan fingerprint density at radius 1 is 1.56 bits per heavy atom. The van der Waals surface area contributed by atoms with Crippen LogP contribution in [-0.4, -0.2) is 40.2 Å². The van der Waals surface area contributed by atoms with E-state index in [2.05, 4.69) is 15.9 Å². The van der Waals surface area contributed by atoms with Crippen LogP contribution in [0.5, 0.6) is 0 Å². The molecule has 0 aliphatic rings. The molecule has 6 heteroatoms. The Labute approximate surface area is 114 Å². The molecule has 1 unspecified atom stereocenters. The second kappa shape index (κ2) is 6.70. The Bertz CT molecular complexity index is 471. The number of aliphatic hydroxyl groups is 1. The lowest BCUT2D eigenvalue weighted by atomic mass is 10.3. The third-order valence-electron chi connectivity index (χ3n) is 2.56. The van der Waals surface area contributed by atoms with E-state index in [1.807, 2.05) is 0 Å². The van der Waals surface area contributed by atoms with Crippen LogP contribution in [0.3, 0.4) is 0 Å². The Kier molecular flexibility index (Phi) is 5.55. The maximum Gasteiger partial charge on any atom is 0.251 e. The molecule has 0 aliphatic heterocycles. The summed E-state index contributed by atoms with van der Waals surface area (Å²) in [6.07, 6.45) is 1.67.